The van der Waals surface area contributed by atoms with E-state index in [2.05, 4.69) is 4.99 Å². The Bertz CT molecular complexity index is 139. The van der Waals surface area contributed by atoms with E-state index in [0.29, 0.717) is 6.08 Å². The van der Waals surface area contributed by atoms with Gasteiger partial charge in [-0.3, -0.25) is 0 Å². The van der Waals surface area contributed by atoms with Crippen LogP contribution >= 0.6 is 0 Å². The number of hydrogen-bond acceptors (Lipinski definition) is 2. The third-order valence-electron chi connectivity index (χ3n) is 0.286. The minimum Gasteiger partial charge on any atom is -0.240 e. The van der Waals surface area contributed by atoms with Crippen molar-refractivity contribution in [2.75, 3.05) is 0 Å². The van der Waals surface area contributed by atoms with Crippen molar-refractivity contribution in [1.82, 2.24) is 5.34 Å². The molecular formula is C2F2N2O2. The van der Waals surface area contributed by atoms with Gasteiger partial charge in [0.1, 0.15) is 0 Å². The Morgan fingerprint density at radius 1 is 1.62 bits per heavy atom. The van der Waals surface area contributed by atoms with E-state index >= 15 is 0 Å². The van der Waals surface area contributed by atoms with Crippen LogP contribution in [-0.2, 0) is 4.79 Å². The molecule has 0 N–H and O–H groups in total. The first-order valence-electron chi connectivity index (χ1n) is 1.42. The zero-order valence-corrected chi connectivity index (χ0v) is 3.47. The van der Waals surface area contributed by atoms with Crippen molar-refractivity contribution in [2.45, 2.75) is 0 Å². The number of rotatable bonds is 0. The molecule has 0 unspecified atom stereocenters. The number of aliphatic imine (C=N–C) groups is 1. The summed E-state index contributed by atoms with van der Waals surface area (Å²) in [5.41, 5.74) is 0. The van der Waals surface area contributed by atoms with Crippen LogP contribution in [0.5, 0.6) is 0 Å². The fourth-order valence-corrected chi connectivity index (χ4v) is 0.0768. The molecule has 0 heterocycles. The minimum absolute atomic E-state index is 0.653. The predicted octanol–water partition coefficient (Wildman–Crippen LogP) is 0.513. The summed E-state index contributed by atoms with van der Waals surface area (Å²) in [6.45, 7) is 0. The highest BCUT2D eigenvalue weighted by Gasteiger charge is 2.07. The molecule has 0 aromatic carbocycles. The number of isocyanates is 1. The van der Waals surface area contributed by atoms with Crippen LogP contribution in [0.3, 0.4) is 0 Å². The number of amides is 2. The maximum atomic E-state index is 10.8. The summed E-state index contributed by atoms with van der Waals surface area (Å²) in [5, 5.41) is -1.81. The molecule has 0 saturated heterocycles. The number of carbonyl (C=O) groups excluding carboxylic acids is 2. The Morgan fingerprint density at radius 2 is 2.12 bits per heavy atom. The highest BCUT2D eigenvalue weighted by molar-refractivity contribution is 5.77. The SMILES string of the molecule is O=C=NC(=O)N(F)F. The molecule has 6 heteroatoms. The molecule has 0 bridgehead atoms. The Labute approximate surface area is 42.3 Å². The molecule has 0 aromatic heterocycles. The van der Waals surface area contributed by atoms with Gasteiger partial charge in [-0.1, -0.05) is 8.96 Å². The van der Waals surface area contributed by atoms with Crippen LogP contribution in [0.2, 0.25) is 0 Å². The molecule has 0 rings (SSSR count). The molecule has 44 valence electrons. The van der Waals surface area contributed by atoms with E-state index < -0.39 is 11.4 Å². The first kappa shape index (κ1) is 6.71. The summed E-state index contributed by atoms with van der Waals surface area (Å²) in [5.74, 6) is 0. The second kappa shape index (κ2) is 2.81. The first-order chi connectivity index (χ1) is 3.68. The summed E-state index contributed by atoms with van der Waals surface area (Å²) in [7, 11) is 0. The molecule has 4 nitrogen and oxygen atoms in total. The molecule has 0 fully saturated rings. The summed E-state index contributed by atoms with van der Waals surface area (Å²) in [6, 6.07) is -1.92. The van der Waals surface area contributed by atoms with Crippen molar-refractivity contribution in [3.8, 4) is 0 Å². The number of halogens is 2. The van der Waals surface area contributed by atoms with Gasteiger partial charge in [-0.05, 0) is 0 Å². The average molecular weight is 122 g/mol. The van der Waals surface area contributed by atoms with Gasteiger partial charge in [0, 0.05) is 5.34 Å². The molecule has 0 atom stereocenters. The maximum absolute atomic E-state index is 10.8. The molecule has 0 aliphatic rings. The fraction of sp³-hybridized carbons (Fsp3) is 0. The second-order valence-corrected chi connectivity index (χ2v) is 0.719. The highest BCUT2D eigenvalue weighted by Crippen LogP contribution is 1.91. The monoisotopic (exact) mass is 122 g/mol. The summed E-state index contributed by atoms with van der Waals surface area (Å²) >= 11 is 0. The number of carbonyl (C=O) groups is 1. The van der Waals surface area contributed by atoms with Crippen LogP contribution in [0, 0.1) is 0 Å². The van der Waals surface area contributed by atoms with Crippen molar-refractivity contribution in [3.05, 3.63) is 0 Å². The Hall–Kier alpha value is -1.29. The van der Waals surface area contributed by atoms with Gasteiger partial charge >= 0.3 is 6.03 Å². The highest BCUT2D eigenvalue weighted by atomic mass is 19.4. The van der Waals surface area contributed by atoms with E-state index in [1.54, 1.807) is 0 Å². The van der Waals surface area contributed by atoms with Crippen molar-refractivity contribution in [1.29, 1.82) is 0 Å². The van der Waals surface area contributed by atoms with Gasteiger partial charge < -0.3 is 0 Å². The summed E-state index contributed by atoms with van der Waals surface area (Å²) in [6.07, 6.45) is 0.653. The lowest BCUT2D eigenvalue weighted by molar-refractivity contribution is -0.0952. The first-order valence-corrected chi connectivity index (χ1v) is 1.42. The molecule has 0 aliphatic heterocycles. The quantitative estimate of drug-likeness (QED) is 0.267. The molecule has 0 saturated carbocycles. The molecule has 0 aromatic rings. The van der Waals surface area contributed by atoms with Crippen molar-refractivity contribution in [2.24, 2.45) is 4.99 Å². The molecule has 8 heavy (non-hydrogen) atoms. The van der Waals surface area contributed by atoms with Gasteiger partial charge in [0.15, 0.2) is 0 Å². The zero-order valence-electron chi connectivity index (χ0n) is 3.47. The van der Waals surface area contributed by atoms with E-state index in [-0.39, 0.29) is 0 Å². The zero-order chi connectivity index (χ0) is 6.57. The second-order valence-electron chi connectivity index (χ2n) is 0.719. The van der Waals surface area contributed by atoms with Crippen LogP contribution in [0.15, 0.2) is 4.99 Å². The predicted molar refractivity (Wildman–Crippen MR) is 17.6 cm³/mol. The van der Waals surface area contributed by atoms with E-state index in [1.807, 2.05) is 0 Å². The van der Waals surface area contributed by atoms with Gasteiger partial charge in [0.25, 0.3) is 0 Å². The maximum Gasteiger partial charge on any atom is 0.412 e. The van der Waals surface area contributed by atoms with E-state index in [0.717, 1.165) is 0 Å². The topological polar surface area (TPSA) is 49.7 Å². The Morgan fingerprint density at radius 3 is 2.25 bits per heavy atom. The lowest BCUT2D eigenvalue weighted by Crippen LogP contribution is -2.06. The smallest absolute Gasteiger partial charge is 0.240 e. The van der Waals surface area contributed by atoms with Gasteiger partial charge in [-0.25, -0.2) is 9.59 Å². The molecule has 0 aliphatic carbocycles. The largest absolute Gasteiger partial charge is 0.412 e. The molecule has 2 amide bonds. The number of nitrogens with zero attached hydrogens (tertiary/aromatic N) is 2. The van der Waals surface area contributed by atoms with Crippen molar-refractivity contribution in [3.63, 3.8) is 0 Å². The van der Waals surface area contributed by atoms with Crippen LogP contribution in [0.1, 0.15) is 0 Å². The lowest BCUT2D eigenvalue weighted by Gasteiger charge is -1.86. The summed E-state index contributed by atoms with van der Waals surface area (Å²) < 4.78 is 21.7. The minimum atomic E-state index is -1.92. The van der Waals surface area contributed by atoms with Gasteiger partial charge in [0.2, 0.25) is 6.08 Å². The molecule has 0 spiro atoms. The Balaban J connectivity index is 3.84. The third-order valence-corrected chi connectivity index (χ3v) is 0.286. The lowest BCUT2D eigenvalue weighted by atomic mass is 11.1. The van der Waals surface area contributed by atoms with E-state index in [1.165, 1.54) is 0 Å². The van der Waals surface area contributed by atoms with Gasteiger partial charge in [0.05, 0.1) is 0 Å². The molecule has 0 radical (unpaired) electrons. The van der Waals surface area contributed by atoms with E-state index in [9.17, 15) is 13.8 Å². The normalized spacial score (nSPS) is 7.25. The van der Waals surface area contributed by atoms with Crippen LogP contribution < -0.4 is 0 Å². The Kier molecular flexibility index (Phi) is 2.36. The number of hydrogen-bond donors (Lipinski definition) is 0. The average Bonchev–Trinajstić information content (AvgIpc) is 1.67. The molecular weight excluding hydrogens is 122 g/mol. The van der Waals surface area contributed by atoms with Gasteiger partial charge in [-0.2, -0.15) is 0 Å². The van der Waals surface area contributed by atoms with Crippen molar-refractivity contribution >= 4 is 12.1 Å². The van der Waals surface area contributed by atoms with Crippen LogP contribution in [0.25, 0.3) is 0 Å². The van der Waals surface area contributed by atoms with E-state index in [4.69, 9.17) is 4.79 Å². The van der Waals surface area contributed by atoms with Crippen LogP contribution in [0.4, 0.5) is 13.8 Å². The third kappa shape index (κ3) is 1.99. The van der Waals surface area contributed by atoms with Crippen LogP contribution in [-0.4, -0.2) is 17.5 Å². The van der Waals surface area contributed by atoms with Crippen molar-refractivity contribution < 1.29 is 18.6 Å². The number of urea groups is 1. The fourth-order valence-electron chi connectivity index (χ4n) is 0.0768. The summed E-state index contributed by atoms with van der Waals surface area (Å²) in [4.78, 5) is 20.6. The standard InChI is InChI=1S/C2F2N2O2/c3-6(4)2(8)5-1-7. The van der Waals surface area contributed by atoms with Gasteiger partial charge in [-0.15, -0.1) is 4.99 Å².